The number of carbonyl (C=O) groups is 1. The van der Waals surface area contributed by atoms with E-state index in [1.807, 2.05) is 13.8 Å². The number of aromatic nitrogens is 2. The first-order valence-electron chi connectivity index (χ1n) is 9.25. The van der Waals surface area contributed by atoms with Gasteiger partial charge in [-0.05, 0) is 62.7 Å². The third-order valence-corrected chi connectivity index (χ3v) is 4.75. The number of benzene rings is 1. The Bertz CT molecular complexity index is 792. The molecule has 1 aliphatic heterocycles. The van der Waals surface area contributed by atoms with Crippen molar-refractivity contribution < 1.29 is 14.6 Å². The van der Waals surface area contributed by atoms with E-state index in [1.165, 1.54) is 12.1 Å². The average Bonchev–Trinajstić information content (AvgIpc) is 3.06. The molecular formula is C20H26N4O3. The fourth-order valence-corrected chi connectivity index (χ4v) is 3.02. The van der Waals surface area contributed by atoms with Crippen molar-refractivity contribution in [2.24, 2.45) is 0 Å². The maximum atomic E-state index is 12.6. The third-order valence-electron chi connectivity index (χ3n) is 4.75. The van der Waals surface area contributed by atoms with E-state index in [0.717, 1.165) is 25.1 Å². The minimum Gasteiger partial charge on any atom is -0.508 e. The van der Waals surface area contributed by atoms with E-state index in [2.05, 4.69) is 27.2 Å². The molecule has 1 fully saturated rings. The molecular weight excluding hydrogens is 344 g/mol. The highest BCUT2D eigenvalue weighted by molar-refractivity contribution is 6.03. The van der Waals surface area contributed by atoms with Crippen LogP contribution in [0, 0.1) is 0 Å². The van der Waals surface area contributed by atoms with E-state index in [0.29, 0.717) is 18.3 Å². The maximum absolute atomic E-state index is 12.6. The molecule has 0 aliphatic carbocycles. The zero-order valence-corrected chi connectivity index (χ0v) is 16.0. The Balaban J connectivity index is 1.75. The van der Waals surface area contributed by atoms with Crippen molar-refractivity contribution >= 4 is 11.6 Å². The summed E-state index contributed by atoms with van der Waals surface area (Å²) in [7, 11) is 2.09. The van der Waals surface area contributed by atoms with Gasteiger partial charge in [-0.1, -0.05) is 13.8 Å². The van der Waals surface area contributed by atoms with Gasteiger partial charge in [-0.2, -0.15) is 9.97 Å². The van der Waals surface area contributed by atoms with Gasteiger partial charge in [0, 0.05) is 11.7 Å². The van der Waals surface area contributed by atoms with Gasteiger partial charge in [0.05, 0.1) is 5.69 Å². The first kappa shape index (κ1) is 19.1. The number of ether oxygens (including phenoxy) is 1. The number of nitrogens with one attached hydrogen (secondary N) is 1. The molecule has 1 saturated heterocycles. The molecule has 0 radical (unpaired) electrons. The van der Waals surface area contributed by atoms with Crippen LogP contribution in [0.4, 0.5) is 5.69 Å². The van der Waals surface area contributed by atoms with E-state index >= 15 is 0 Å². The van der Waals surface area contributed by atoms with Crippen LogP contribution in [-0.4, -0.2) is 52.1 Å². The molecule has 0 spiro atoms. The van der Waals surface area contributed by atoms with E-state index in [4.69, 9.17) is 4.74 Å². The van der Waals surface area contributed by atoms with Crippen LogP contribution in [0.1, 0.15) is 48.8 Å². The summed E-state index contributed by atoms with van der Waals surface area (Å²) in [5.74, 6) is -0.0535. The molecule has 2 heterocycles. The molecule has 3 rings (SSSR count). The highest BCUT2D eigenvalue weighted by Crippen LogP contribution is 2.20. The first-order chi connectivity index (χ1) is 12.9. The number of amides is 1. The largest absolute Gasteiger partial charge is 0.508 e. The normalized spacial score (nSPS) is 17.3. The number of aromatic hydroxyl groups is 1. The molecule has 2 aromatic rings. The standard InChI is InChI=1S/C20H26N4O3/c1-13(2)17-11-18(19(26)21-14-6-8-16(25)9-7-14)23-20(22-17)27-12-15-5-4-10-24(15)3/h6-9,11,13,15,25H,4-5,10,12H2,1-3H3,(H,21,26)/t15-/m0/s1. The van der Waals surface area contributed by atoms with Gasteiger partial charge in [-0.3, -0.25) is 4.79 Å². The van der Waals surface area contributed by atoms with Gasteiger partial charge in [-0.15, -0.1) is 0 Å². The lowest BCUT2D eigenvalue weighted by Gasteiger charge is -2.19. The predicted molar refractivity (Wildman–Crippen MR) is 103 cm³/mol. The van der Waals surface area contributed by atoms with Crippen molar-refractivity contribution in [3.05, 3.63) is 41.7 Å². The summed E-state index contributed by atoms with van der Waals surface area (Å²) in [5.41, 5.74) is 1.60. The lowest BCUT2D eigenvalue weighted by Crippen LogP contribution is -2.31. The number of phenolic OH excluding ortho intramolecular Hbond substituents is 1. The Morgan fingerprint density at radius 2 is 2.07 bits per heavy atom. The number of phenols is 1. The van der Waals surface area contributed by atoms with E-state index in [9.17, 15) is 9.90 Å². The third kappa shape index (κ3) is 4.95. The summed E-state index contributed by atoms with van der Waals surface area (Å²) < 4.78 is 5.83. The van der Waals surface area contributed by atoms with Crippen LogP contribution >= 0.6 is 0 Å². The molecule has 27 heavy (non-hydrogen) atoms. The average molecular weight is 370 g/mol. The summed E-state index contributed by atoms with van der Waals surface area (Å²) in [6, 6.07) is 8.57. The fraction of sp³-hybridized carbons (Fsp3) is 0.450. The van der Waals surface area contributed by atoms with E-state index in [-0.39, 0.29) is 29.3 Å². The Labute approximate surface area is 159 Å². The van der Waals surface area contributed by atoms with Crippen LogP contribution in [0.3, 0.4) is 0 Å². The van der Waals surface area contributed by atoms with Crippen molar-refractivity contribution in [1.29, 1.82) is 0 Å². The van der Waals surface area contributed by atoms with Gasteiger partial charge in [0.2, 0.25) is 0 Å². The number of hydrogen-bond donors (Lipinski definition) is 2. The summed E-state index contributed by atoms with van der Waals surface area (Å²) in [5, 5.41) is 12.1. The minimum absolute atomic E-state index is 0.143. The minimum atomic E-state index is -0.340. The Morgan fingerprint density at radius 1 is 1.33 bits per heavy atom. The topological polar surface area (TPSA) is 87.6 Å². The molecule has 2 N–H and O–H groups in total. The Kier molecular flexibility index (Phi) is 5.91. The van der Waals surface area contributed by atoms with Crippen molar-refractivity contribution in [2.45, 2.75) is 38.6 Å². The van der Waals surface area contributed by atoms with Gasteiger partial charge in [0.15, 0.2) is 0 Å². The number of nitrogens with zero attached hydrogens (tertiary/aromatic N) is 3. The number of rotatable bonds is 6. The number of anilines is 1. The lowest BCUT2D eigenvalue weighted by molar-refractivity contribution is 0.101. The second-order valence-corrected chi connectivity index (χ2v) is 7.20. The smallest absolute Gasteiger partial charge is 0.317 e. The number of hydrogen-bond acceptors (Lipinski definition) is 6. The SMILES string of the molecule is CC(C)c1cc(C(=O)Nc2ccc(O)cc2)nc(OC[C@@H]2CCCN2C)n1. The van der Waals surface area contributed by atoms with Crippen LogP contribution in [0.25, 0.3) is 0 Å². The number of likely N-dealkylation sites (tertiary alicyclic amines) is 1. The van der Waals surface area contributed by atoms with Crippen LogP contribution in [0.5, 0.6) is 11.8 Å². The zero-order valence-electron chi connectivity index (χ0n) is 16.0. The summed E-state index contributed by atoms with van der Waals surface area (Å²) in [6.45, 7) is 5.61. The van der Waals surface area contributed by atoms with Crippen LogP contribution < -0.4 is 10.1 Å². The van der Waals surface area contributed by atoms with Gasteiger partial charge in [0.1, 0.15) is 18.1 Å². The van der Waals surface area contributed by atoms with Gasteiger partial charge < -0.3 is 20.1 Å². The molecule has 7 nitrogen and oxygen atoms in total. The molecule has 0 unspecified atom stereocenters. The fourth-order valence-electron chi connectivity index (χ4n) is 3.02. The van der Waals surface area contributed by atoms with Gasteiger partial charge >= 0.3 is 6.01 Å². The second kappa shape index (κ2) is 8.35. The van der Waals surface area contributed by atoms with Gasteiger partial charge in [0.25, 0.3) is 5.91 Å². The van der Waals surface area contributed by atoms with Gasteiger partial charge in [-0.25, -0.2) is 0 Å². The molecule has 0 saturated carbocycles. The molecule has 7 heteroatoms. The molecule has 1 aliphatic rings. The van der Waals surface area contributed by atoms with Crippen molar-refractivity contribution in [3.8, 4) is 11.8 Å². The highest BCUT2D eigenvalue weighted by Gasteiger charge is 2.22. The van der Waals surface area contributed by atoms with E-state index in [1.54, 1.807) is 18.2 Å². The van der Waals surface area contributed by atoms with Crippen LogP contribution in [0.15, 0.2) is 30.3 Å². The Hall–Kier alpha value is -2.67. The molecule has 1 aromatic heterocycles. The molecule has 1 aromatic carbocycles. The monoisotopic (exact) mass is 370 g/mol. The predicted octanol–water partition coefficient (Wildman–Crippen LogP) is 3.03. The maximum Gasteiger partial charge on any atom is 0.317 e. The highest BCUT2D eigenvalue weighted by atomic mass is 16.5. The van der Waals surface area contributed by atoms with Crippen molar-refractivity contribution in [3.63, 3.8) is 0 Å². The Morgan fingerprint density at radius 3 is 2.70 bits per heavy atom. The summed E-state index contributed by atoms with van der Waals surface area (Å²) in [4.78, 5) is 23.6. The van der Waals surface area contributed by atoms with Crippen molar-refractivity contribution in [1.82, 2.24) is 14.9 Å². The summed E-state index contributed by atoms with van der Waals surface area (Å²) >= 11 is 0. The molecule has 1 atom stereocenters. The summed E-state index contributed by atoms with van der Waals surface area (Å²) in [6.07, 6.45) is 2.26. The lowest BCUT2D eigenvalue weighted by atomic mass is 10.1. The zero-order chi connectivity index (χ0) is 19.4. The van der Waals surface area contributed by atoms with E-state index < -0.39 is 0 Å². The van der Waals surface area contributed by atoms with Crippen LogP contribution in [-0.2, 0) is 0 Å². The second-order valence-electron chi connectivity index (χ2n) is 7.20. The van der Waals surface area contributed by atoms with Crippen molar-refractivity contribution in [2.75, 3.05) is 25.5 Å². The molecule has 144 valence electrons. The molecule has 0 bridgehead atoms. The number of carbonyl (C=O) groups excluding carboxylic acids is 1. The first-order valence-corrected chi connectivity index (χ1v) is 9.25. The van der Waals surface area contributed by atoms with Crippen LogP contribution in [0.2, 0.25) is 0 Å². The number of likely N-dealkylation sites (N-methyl/N-ethyl adjacent to an activating group) is 1. The molecule has 1 amide bonds. The quantitative estimate of drug-likeness (QED) is 0.760.